The minimum absolute atomic E-state index is 0.0671. The monoisotopic (exact) mass is 154 g/mol. The molecule has 1 amide bonds. The summed E-state index contributed by atoms with van der Waals surface area (Å²) < 4.78 is 0. The molecule has 1 heterocycles. The molecule has 1 saturated heterocycles. The van der Waals surface area contributed by atoms with Crippen molar-refractivity contribution in [2.75, 3.05) is 0 Å². The van der Waals surface area contributed by atoms with E-state index in [1.165, 1.54) is 0 Å². The van der Waals surface area contributed by atoms with Crippen LogP contribution in [0.25, 0.3) is 0 Å². The van der Waals surface area contributed by atoms with Gasteiger partial charge in [0.05, 0.1) is 5.92 Å². The highest BCUT2D eigenvalue weighted by molar-refractivity contribution is 5.83. The number of nitrogens with one attached hydrogen (secondary N) is 1. The lowest BCUT2D eigenvalue weighted by molar-refractivity contribution is -0.122. The standard InChI is InChI=1S/C8H14N2O/c1-8-3-2-6(9)5(4-8)7(11)10-8/h5-6H,2-4,9H2,1H3,(H,10,11). The fourth-order valence-corrected chi connectivity index (χ4v) is 2.22. The highest BCUT2D eigenvalue weighted by Crippen LogP contribution is 2.36. The quantitative estimate of drug-likeness (QED) is 0.516. The molecule has 2 aliphatic rings. The Morgan fingerprint density at radius 3 is 3.09 bits per heavy atom. The number of carbonyl (C=O) groups excluding carboxylic acids is 1. The van der Waals surface area contributed by atoms with Crippen molar-refractivity contribution in [1.29, 1.82) is 0 Å². The van der Waals surface area contributed by atoms with Gasteiger partial charge in [0.1, 0.15) is 0 Å². The summed E-state index contributed by atoms with van der Waals surface area (Å²) in [5, 5.41) is 3.00. The molecule has 0 radical (unpaired) electrons. The second-order valence-corrected chi connectivity index (χ2v) is 4.06. The molecule has 1 saturated carbocycles. The molecular weight excluding hydrogens is 140 g/mol. The molecule has 11 heavy (non-hydrogen) atoms. The van der Waals surface area contributed by atoms with Crippen molar-refractivity contribution in [1.82, 2.24) is 5.32 Å². The van der Waals surface area contributed by atoms with Gasteiger partial charge in [0.2, 0.25) is 5.91 Å². The van der Waals surface area contributed by atoms with Crippen molar-refractivity contribution < 1.29 is 4.79 Å². The van der Waals surface area contributed by atoms with Crippen molar-refractivity contribution in [2.45, 2.75) is 37.8 Å². The third kappa shape index (κ3) is 0.948. The highest BCUT2D eigenvalue weighted by atomic mass is 16.2. The number of fused-ring (bicyclic) bond motifs is 2. The van der Waals surface area contributed by atoms with Crippen LogP contribution in [0, 0.1) is 5.92 Å². The minimum atomic E-state index is 0.0671. The lowest BCUT2D eigenvalue weighted by atomic mass is 9.79. The van der Waals surface area contributed by atoms with Crippen molar-refractivity contribution in [3.05, 3.63) is 0 Å². The summed E-state index contributed by atoms with van der Waals surface area (Å²) in [5.41, 5.74) is 5.87. The maximum absolute atomic E-state index is 11.3. The Morgan fingerprint density at radius 2 is 2.45 bits per heavy atom. The molecule has 0 aromatic carbocycles. The molecular formula is C8H14N2O. The van der Waals surface area contributed by atoms with Gasteiger partial charge in [-0.2, -0.15) is 0 Å². The van der Waals surface area contributed by atoms with Gasteiger partial charge in [-0.15, -0.1) is 0 Å². The van der Waals surface area contributed by atoms with Crippen LogP contribution >= 0.6 is 0 Å². The summed E-state index contributed by atoms with van der Waals surface area (Å²) in [6, 6.07) is 0.102. The molecule has 2 fully saturated rings. The molecule has 1 aliphatic carbocycles. The second kappa shape index (κ2) is 1.97. The topological polar surface area (TPSA) is 55.1 Å². The Hall–Kier alpha value is -0.570. The molecule has 3 nitrogen and oxygen atoms in total. The number of hydrogen-bond acceptors (Lipinski definition) is 2. The first kappa shape index (κ1) is 7.10. The molecule has 0 aromatic rings. The second-order valence-electron chi connectivity index (χ2n) is 4.06. The van der Waals surface area contributed by atoms with E-state index < -0.39 is 0 Å². The van der Waals surface area contributed by atoms with Gasteiger partial charge in [-0.05, 0) is 26.2 Å². The zero-order valence-corrected chi connectivity index (χ0v) is 6.76. The molecule has 1 aliphatic heterocycles. The van der Waals surface area contributed by atoms with Crippen LogP contribution in [0.3, 0.4) is 0 Å². The van der Waals surface area contributed by atoms with Crippen molar-refractivity contribution in [3.63, 3.8) is 0 Å². The maximum Gasteiger partial charge on any atom is 0.225 e. The Labute approximate surface area is 66.3 Å². The number of carbonyl (C=O) groups is 1. The Balaban J connectivity index is 2.24. The fourth-order valence-electron chi connectivity index (χ4n) is 2.22. The first-order chi connectivity index (χ1) is 5.11. The summed E-state index contributed by atoms with van der Waals surface area (Å²) in [7, 11) is 0. The molecule has 3 N–H and O–H groups in total. The maximum atomic E-state index is 11.3. The van der Waals surface area contributed by atoms with Crippen molar-refractivity contribution in [3.8, 4) is 0 Å². The average molecular weight is 154 g/mol. The fraction of sp³-hybridized carbons (Fsp3) is 0.875. The van der Waals surface area contributed by atoms with E-state index in [1.54, 1.807) is 0 Å². The number of hydrogen-bond donors (Lipinski definition) is 2. The van der Waals surface area contributed by atoms with Crippen LogP contribution in [0.15, 0.2) is 0 Å². The minimum Gasteiger partial charge on any atom is -0.351 e. The number of amides is 1. The van der Waals surface area contributed by atoms with Gasteiger partial charge in [-0.3, -0.25) is 4.79 Å². The summed E-state index contributed by atoms with van der Waals surface area (Å²) >= 11 is 0. The number of nitrogens with two attached hydrogens (primary N) is 1. The van der Waals surface area contributed by atoms with E-state index in [1.807, 2.05) is 0 Å². The van der Waals surface area contributed by atoms with Crippen LogP contribution < -0.4 is 11.1 Å². The zero-order chi connectivity index (χ0) is 8.06. The summed E-state index contributed by atoms with van der Waals surface area (Å²) in [6.07, 6.45) is 2.96. The van der Waals surface area contributed by atoms with Gasteiger partial charge in [0, 0.05) is 11.6 Å². The van der Waals surface area contributed by atoms with E-state index in [9.17, 15) is 4.79 Å². The van der Waals surface area contributed by atoms with E-state index in [4.69, 9.17) is 5.73 Å². The first-order valence-electron chi connectivity index (χ1n) is 4.18. The normalized spacial score (nSPS) is 49.1. The van der Waals surface area contributed by atoms with Gasteiger partial charge >= 0.3 is 0 Å². The smallest absolute Gasteiger partial charge is 0.225 e. The third-order valence-electron chi connectivity index (χ3n) is 2.98. The lowest BCUT2D eigenvalue weighted by Crippen LogP contribution is -2.40. The Morgan fingerprint density at radius 1 is 1.73 bits per heavy atom. The highest BCUT2D eigenvalue weighted by Gasteiger charge is 2.46. The van der Waals surface area contributed by atoms with Gasteiger partial charge < -0.3 is 11.1 Å². The van der Waals surface area contributed by atoms with Crippen molar-refractivity contribution in [2.24, 2.45) is 11.7 Å². The molecule has 0 spiro atoms. The van der Waals surface area contributed by atoms with E-state index in [0.29, 0.717) is 0 Å². The summed E-state index contributed by atoms with van der Waals surface area (Å²) in [6.45, 7) is 2.11. The predicted molar refractivity (Wildman–Crippen MR) is 41.9 cm³/mol. The van der Waals surface area contributed by atoms with Crippen LogP contribution in [-0.2, 0) is 4.79 Å². The van der Waals surface area contributed by atoms with Gasteiger partial charge in [-0.25, -0.2) is 0 Å². The van der Waals surface area contributed by atoms with Crippen LogP contribution in [0.4, 0.5) is 0 Å². The zero-order valence-electron chi connectivity index (χ0n) is 6.76. The van der Waals surface area contributed by atoms with Crippen molar-refractivity contribution >= 4 is 5.91 Å². The van der Waals surface area contributed by atoms with Crippen LogP contribution in [-0.4, -0.2) is 17.5 Å². The average Bonchev–Trinajstić information content (AvgIpc) is 2.18. The lowest BCUT2D eigenvalue weighted by Gasteiger charge is -2.30. The molecule has 3 unspecified atom stereocenters. The van der Waals surface area contributed by atoms with Gasteiger partial charge in [0.15, 0.2) is 0 Å². The number of rotatable bonds is 0. The molecule has 3 heteroatoms. The predicted octanol–water partition coefficient (Wildman–Crippen LogP) is 0.00230. The van der Waals surface area contributed by atoms with Gasteiger partial charge in [-0.1, -0.05) is 0 Å². The third-order valence-corrected chi connectivity index (χ3v) is 2.98. The van der Waals surface area contributed by atoms with Gasteiger partial charge in [0.25, 0.3) is 0 Å². The molecule has 2 rings (SSSR count). The Kier molecular flexibility index (Phi) is 1.27. The van der Waals surface area contributed by atoms with E-state index in [-0.39, 0.29) is 23.4 Å². The summed E-state index contributed by atoms with van der Waals surface area (Å²) in [5.74, 6) is 0.256. The molecule has 3 atom stereocenters. The van der Waals surface area contributed by atoms with E-state index in [0.717, 1.165) is 19.3 Å². The molecule has 2 bridgehead atoms. The largest absolute Gasteiger partial charge is 0.351 e. The van der Waals surface area contributed by atoms with E-state index in [2.05, 4.69) is 12.2 Å². The SMILES string of the molecule is CC12CCC(N)C(C1)C(=O)N2. The van der Waals surface area contributed by atoms with Crippen LogP contribution in [0.5, 0.6) is 0 Å². The van der Waals surface area contributed by atoms with Crippen LogP contribution in [0.2, 0.25) is 0 Å². The molecule has 0 aromatic heterocycles. The first-order valence-corrected chi connectivity index (χ1v) is 4.18. The Bertz CT molecular complexity index is 204. The van der Waals surface area contributed by atoms with E-state index >= 15 is 0 Å². The van der Waals surface area contributed by atoms with Crippen LogP contribution in [0.1, 0.15) is 26.2 Å². The molecule has 62 valence electrons. The summed E-state index contributed by atoms with van der Waals surface area (Å²) in [4.78, 5) is 11.3.